The van der Waals surface area contributed by atoms with Crippen molar-refractivity contribution in [2.45, 2.75) is 11.1 Å². The van der Waals surface area contributed by atoms with Crippen LogP contribution in [0.15, 0.2) is 38.8 Å². The van der Waals surface area contributed by atoms with E-state index in [1.54, 1.807) is 0 Å². The molecule has 0 saturated carbocycles. The van der Waals surface area contributed by atoms with Crippen molar-refractivity contribution in [3.63, 3.8) is 0 Å². The van der Waals surface area contributed by atoms with Crippen LogP contribution in [-0.4, -0.2) is 36.6 Å². The van der Waals surface area contributed by atoms with E-state index in [-0.39, 0.29) is 16.3 Å². The summed E-state index contributed by atoms with van der Waals surface area (Å²) in [5.41, 5.74) is 8.35. The van der Waals surface area contributed by atoms with Crippen LogP contribution in [0.2, 0.25) is 0 Å². The normalized spacial score (nSPS) is 12.2. The lowest BCUT2D eigenvalue weighted by molar-refractivity contribution is -0.159. The number of rotatable bonds is 5. The number of azide groups is 1. The number of hydrogen-bond donors (Lipinski definition) is 0. The molecular weight excluding hydrogens is 353 g/mol. The van der Waals surface area contributed by atoms with Gasteiger partial charge in [0, 0.05) is 17.5 Å². The molecule has 0 atom stereocenters. The maximum absolute atomic E-state index is 12.4. The molecule has 0 spiro atoms. The summed E-state index contributed by atoms with van der Waals surface area (Å²) in [5.74, 6) is -1.82. The van der Waals surface area contributed by atoms with Crippen LogP contribution in [0.3, 0.4) is 0 Å². The standard InChI is InChI=1S/C11H9F3N6O3S/c1-20(6-16-19-15)24(21,22)8-4-2-7(3-5-8)9-17-10(23-18-9)11(12,13)14/h2-5H,6H2,1H3. The largest absolute Gasteiger partial charge is 0.471 e. The molecule has 2 aromatic rings. The topological polar surface area (TPSA) is 125 Å². The van der Waals surface area contributed by atoms with Gasteiger partial charge in [-0.3, -0.25) is 0 Å². The number of aromatic nitrogens is 2. The van der Waals surface area contributed by atoms with Gasteiger partial charge < -0.3 is 4.52 Å². The van der Waals surface area contributed by atoms with E-state index >= 15 is 0 Å². The Bertz CT molecular complexity index is 871. The second-order valence-corrected chi connectivity index (χ2v) is 6.47. The Morgan fingerprint density at radius 2 is 1.96 bits per heavy atom. The summed E-state index contributed by atoms with van der Waals surface area (Å²) >= 11 is 0. The van der Waals surface area contributed by atoms with E-state index in [0.717, 1.165) is 4.31 Å². The molecule has 0 fully saturated rings. The van der Waals surface area contributed by atoms with E-state index in [2.05, 4.69) is 24.7 Å². The van der Waals surface area contributed by atoms with Crippen LogP contribution in [0.5, 0.6) is 0 Å². The number of halogens is 3. The van der Waals surface area contributed by atoms with Crippen molar-refractivity contribution in [3.8, 4) is 11.4 Å². The Hall–Kier alpha value is -2.63. The van der Waals surface area contributed by atoms with Gasteiger partial charge in [0.15, 0.2) is 0 Å². The third-order valence-electron chi connectivity index (χ3n) is 2.81. The Kier molecular flexibility index (Phi) is 4.78. The van der Waals surface area contributed by atoms with Crippen molar-refractivity contribution >= 4 is 10.0 Å². The summed E-state index contributed by atoms with van der Waals surface area (Å²) in [5, 5.41) is 6.34. The first-order valence-electron chi connectivity index (χ1n) is 6.15. The highest BCUT2D eigenvalue weighted by Crippen LogP contribution is 2.29. The minimum absolute atomic E-state index is 0.138. The molecule has 0 saturated heterocycles. The number of sulfonamides is 1. The van der Waals surface area contributed by atoms with E-state index in [4.69, 9.17) is 5.53 Å². The first kappa shape index (κ1) is 17.7. The second-order valence-electron chi connectivity index (χ2n) is 4.42. The first-order chi connectivity index (χ1) is 11.2. The minimum atomic E-state index is -4.77. The molecule has 0 radical (unpaired) electrons. The molecule has 1 aromatic carbocycles. The lowest BCUT2D eigenvalue weighted by atomic mass is 10.2. The summed E-state index contributed by atoms with van der Waals surface area (Å²) < 4.78 is 66.5. The SMILES string of the molecule is CN(CN=[N+]=[N-])S(=O)(=O)c1ccc(-c2noc(C(F)(F)F)n2)cc1. The number of alkyl halides is 3. The van der Waals surface area contributed by atoms with Crippen molar-refractivity contribution in [1.29, 1.82) is 0 Å². The summed E-state index contributed by atoms with van der Waals surface area (Å²) in [6.07, 6.45) is -4.77. The maximum atomic E-state index is 12.4. The summed E-state index contributed by atoms with van der Waals surface area (Å²) in [7, 11) is -2.69. The van der Waals surface area contributed by atoms with E-state index in [1.807, 2.05) is 0 Å². The van der Waals surface area contributed by atoms with Gasteiger partial charge >= 0.3 is 12.1 Å². The van der Waals surface area contributed by atoms with Crippen molar-refractivity contribution in [3.05, 3.63) is 40.6 Å². The fourth-order valence-corrected chi connectivity index (χ4v) is 2.65. The molecule has 0 aliphatic carbocycles. The molecule has 0 N–H and O–H groups in total. The van der Waals surface area contributed by atoms with E-state index < -0.39 is 28.8 Å². The lowest BCUT2D eigenvalue weighted by Crippen LogP contribution is -2.26. The molecule has 0 bridgehead atoms. The van der Waals surface area contributed by atoms with Crippen molar-refractivity contribution in [1.82, 2.24) is 14.4 Å². The van der Waals surface area contributed by atoms with Gasteiger partial charge in [0.1, 0.15) is 0 Å². The van der Waals surface area contributed by atoms with Crippen molar-refractivity contribution in [2.75, 3.05) is 13.7 Å². The Balaban J connectivity index is 2.28. The molecule has 9 nitrogen and oxygen atoms in total. The van der Waals surface area contributed by atoms with Gasteiger partial charge in [0.25, 0.3) is 0 Å². The monoisotopic (exact) mass is 362 g/mol. The molecule has 2 rings (SSSR count). The zero-order valence-corrected chi connectivity index (χ0v) is 12.8. The van der Waals surface area contributed by atoms with Crippen LogP contribution in [0.25, 0.3) is 21.8 Å². The minimum Gasteiger partial charge on any atom is -0.329 e. The van der Waals surface area contributed by atoms with Gasteiger partial charge in [-0.2, -0.15) is 22.5 Å². The molecule has 128 valence electrons. The Morgan fingerprint density at radius 1 is 1.33 bits per heavy atom. The van der Waals surface area contributed by atoms with E-state index in [1.165, 1.54) is 31.3 Å². The maximum Gasteiger partial charge on any atom is 0.471 e. The van der Waals surface area contributed by atoms with Crippen LogP contribution >= 0.6 is 0 Å². The summed E-state index contributed by atoms with van der Waals surface area (Å²) in [6, 6.07) is 4.81. The second kappa shape index (κ2) is 6.47. The fraction of sp³-hybridized carbons (Fsp3) is 0.273. The summed E-state index contributed by atoms with van der Waals surface area (Å²) in [6.45, 7) is -0.402. The molecule has 1 heterocycles. The quantitative estimate of drug-likeness (QED) is 0.459. The van der Waals surface area contributed by atoms with Crippen LogP contribution in [0.1, 0.15) is 5.89 Å². The first-order valence-corrected chi connectivity index (χ1v) is 7.59. The van der Waals surface area contributed by atoms with Gasteiger partial charge in [0.2, 0.25) is 15.8 Å². The van der Waals surface area contributed by atoms with Crippen LogP contribution in [-0.2, 0) is 16.2 Å². The van der Waals surface area contributed by atoms with Gasteiger partial charge in [-0.25, -0.2) is 8.42 Å². The van der Waals surface area contributed by atoms with Crippen molar-refractivity contribution < 1.29 is 26.1 Å². The van der Waals surface area contributed by atoms with Gasteiger partial charge in [-0.1, -0.05) is 10.3 Å². The van der Waals surface area contributed by atoms with Crippen LogP contribution in [0.4, 0.5) is 13.2 Å². The van der Waals surface area contributed by atoms with Crippen LogP contribution in [0, 0.1) is 0 Å². The molecule has 13 heteroatoms. The smallest absolute Gasteiger partial charge is 0.329 e. The van der Waals surface area contributed by atoms with E-state index in [9.17, 15) is 21.6 Å². The third-order valence-corrected chi connectivity index (χ3v) is 4.62. The average Bonchev–Trinajstić information content (AvgIpc) is 3.02. The van der Waals surface area contributed by atoms with Gasteiger partial charge in [-0.05, 0) is 29.8 Å². The zero-order chi connectivity index (χ0) is 18.0. The summed E-state index contributed by atoms with van der Waals surface area (Å²) in [4.78, 5) is 5.52. The van der Waals surface area contributed by atoms with Crippen molar-refractivity contribution in [2.24, 2.45) is 5.11 Å². The number of benzene rings is 1. The predicted octanol–water partition coefficient (Wildman–Crippen LogP) is 2.64. The lowest BCUT2D eigenvalue weighted by Gasteiger charge is -2.14. The average molecular weight is 362 g/mol. The fourth-order valence-electron chi connectivity index (χ4n) is 1.61. The Morgan fingerprint density at radius 3 is 2.46 bits per heavy atom. The van der Waals surface area contributed by atoms with E-state index in [0.29, 0.717) is 0 Å². The number of hydrogen-bond acceptors (Lipinski definition) is 6. The molecule has 1 aromatic heterocycles. The predicted molar refractivity (Wildman–Crippen MR) is 73.7 cm³/mol. The molecule has 24 heavy (non-hydrogen) atoms. The highest BCUT2D eigenvalue weighted by atomic mass is 32.2. The number of nitrogens with zero attached hydrogens (tertiary/aromatic N) is 6. The molecule has 0 unspecified atom stereocenters. The van der Waals surface area contributed by atoms with Gasteiger partial charge in [-0.15, -0.1) is 0 Å². The zero-order valence-electron chi connectivity index (χ0n) is 12.0. The molecular formula is C11H9F3N6O3S. The molecule has 0 aliphatic rings. The molecule has 0 aliphatic heterocycles. The molecule has 0 amide bonds. The third kappa shape index (κ3) is 3.64. The highest BCUT2D eigenvalue weighted by Gasteiger charge is 2.38. The Labute approximate surface area is 133 Å². The highest BCUT2D eigenvalue weighted by molar-refractivity contribution is 7.89. The van der Waals surface area contributed by atoms with Crippen LogP contribution < -0.4 is 0 Å². The van der Waals surface area contributed by atoms with Gasteiger partial charge in [0.05, 0.1) is 11.6 Å².